The van der Waals surface area contributed by atoms with E-state index < -0.39 is 18.3 Å². The number of amides is 2. The molecular weight excluding hydrogens is 470 g/mol. The maximum Gasteiger partial charge on any atom is 0.407 e. The van der Waals surface area contributed by atoms with Gasteiger partial charge in [-0.1, -0.05) is 103 Å². The highest BCUT2D eigenvalue weighted by molar-refractivity contribution is 5.67. The molecule has 0 saturated carbocycles. The number of unbranched alkanes of at least 4 members (excludes halogenated alkanes) is 15. The average molecular weight is 531 g/mol. The largest absolute Gasteiger partial charge is 0.447 e. The summed E-state index contributed by atoms with van der Waals surface area (Å²) >= 11 is 0. The first kappa shape index (κ1) is 35.5. The van der Waals surface area contributed by atoms with E-state index in [1.165, 1.54) is 97.0 Å². The molecular formula is C29H60N3O5+. The van der Waals surface area contributed by atoms with E-state index in [2.05, 4.69) is 38.7 Å². The van der Waals surface area contributed by atoms with Crippen LogP contribution in [0.15, 0.2) is 0 Å². The highest BCUT2D eigenvalue weighted by Gasteiger charge is 2.15. The molecule has 0 aliphatic rings. The fourth-order valence-electron chi connectivity index (χ4n) is 3.98. The molecule has 2 amide bonds. The van der Waals surface area contributed by atoms with E-state index in [-0.39, 0.29) is 13.2 Å². The number of nitrogens with one attached hydrogen (secondary N) is 2. The van der Waals surface area contributed by atoms with Crippen molar-refractivity contribution in [3.05, 3.63) is 0 Å². The topological polar surface area (TPSA) is 85.9 Å². The van der Waals surface area contributed by atoms with E-state index in [0.29, 0.717) is 13.1 Å². The standard InChI is InChI=1S/C29H59N3O5/c1-6-7-8-9-10-11-12-13-14-15-16-17-18-19-20-21-22-30-28(33)36-25-27(35-5)26-37-29(34)31-23-24-32(2,3)4/h27H,6-26H2,1-5H3,(H-,30,31,33,34)/p+1. The second-order valence-corrected chi connectivity index (χ2v) is 11.2. The van der Waals surface area contributed by atoms with Crippen LogP contribution in [0.2, 0.25) is 0 Å². The van der Waals surface area contributed by atoms with Crippen molar-refractivity contribution < 1.29 is 28.3 Å². The van der Waals surface area contributed by atoms with E-state index in [0.717, 1.165) is 23.9 Å². The van der Waals surface area contributed by atoms with E-state index >= 15 is 0 Å². The minimum Gasteiger partial charge on any atom is -0.447 e. The summed E-state index contributed by atoms with van der Waals surface area (Å²) in [6.07, 6.45) is 19.8. The second kappa shape index (κ2) is 24.8. The van der Waals surface area contributed by atoms with Crippen LogP contribution in [0, 0.1) is 0 Å². The highest BCUT2D eigenvalue weighted by atomic mass is 16.6. The van der Waals surface area contributed by atoms with Gasteiger partial charge in [-0.2, -0.15) is 0 Å². The van der Waals surface area contributed by atoms with Crippen molar-refractivity contribution in [2.45, 2.75) is 116 Å². The Bertz CT molecular complexity index is 540. The van der Waals surface area contributed by atoms with Gasteiger partial charge >= 0.3 is 12.2 Å². The molecule has 37 heavy (non-hydrogen) atoms. The third-order valence-electron chi connectivity index (χ3n) is 6.49. The Morgan fingerprint density at radius 3 is 1.38 bits per heavy atom. The SMILES string of the molecule is CCCCCCCCCCCCCCCCCCNC(=O)OCC(COC(=O)NCC[N+](C)(C)C)OC. The summed E-state index contributed by atoms with van der Waals surface area (Å²) in [5.41, 5.74) is 0. The zero-order valence-electron chi connectivity index (χ0n) is 24.9. The minimum atomic E-state index is -0.497. The van der Waals surface area contributed by atoms with Gasteiger partial charge in [-0.3, -0.25) is 0 Å². The van der Waals surface area contributed by atoms with Crippen molar-refractivity contribution in [2.75, 3.05) is 61.1 Å². The zero-order valence-corrected chi connectivity index (χ0v) is 24.9. The first-order chi connectivity index (χ1) is 17.8. The first-order valence-corrected chi connectivity index (χ1v) is 14.9. The molecule has 0 aromatic rings. The Hall–Kier alpha value is -1.54. The van der Waals surface area contributed by atoms with Gasteiger partial charge in [0.1, 0.15) is 19.3 Å². The molecule has 0 saturated heterocycles. The predicted octanol–water partition coefficient (Wildman–Crippen LogP) is 6.42. The van der Waals surface area contributed by atoms with Gasteiger partial charge in [-0.25, -0.2) is 9.59 Å². The van der Waals surface area contributed by atoms with Gasteiger partial charge in [0, 0.05) is 13.7 Å². The lowest BCUT2D eigenvalue weighted by molar-refractivity contribution is -0.869. The average Bonchev–Trinajstić information content (AvgIpc) is 2.85. The Kier molecular flexibility index (Phi) is 23.7. The molecule has 8 heteroatoms. The van der Waals surface area contributed by atoms with Crippen LogP contribution in [0.3, 0.4) is 0 Å². The van der Waals surface area contributed by atoms with Crippen molar-refractivity contribution in [3.63, 3.8) is 0 Å². The summed E-state index contributed by atoms with van der Waals surface area (Å²) in [4.78, 5) is 23.6. The molecule has 0 aromatic heterocycles. The lowest BCUT2D eigenvalue weighted by atomic mass is 10.0. The number of nitrogens with zero attached hydrogens (tertiary/aromatic N) is 1. The number of methoxy groups -OCH3 is 1. The molecule has 1 atom stereocenters. The fourth-order valence-corrected chi connectivity index (χ4v) is 3.98. The molecule has 0 rings (SSSR count). The van der Waals surface area contributed by atoms with Gasteiger partial charge in [0.25, 0.3) is 0 Å². The maximum atomic E-state index is 11.9. The minimum absolute atomic E-state index is 0.0269. The number of rotatable bonds is 25. The van der Waals surface area contributed by atoms with Crippen molar-refractivity contribution in [1.82, 2.24) is 10.6 Å². The molecule has 0 heterocycles. The molecule has 8 nitrogen and oxygen atoms in total. The number of carbonyl (C=O) groups excluding carboxylic acids is 2. The molecule has 1 unspecified atom stereocenters. The first-order valence-electron chi connectivity index (χ1n) is 14.9. The second-order valence-electron chi connectivity index (χ2n) is 11.2. The van der Waals surface area contributed by atoms with Crippen LogP contribution < -0.4 is 10.6 Å². The number of quaternary nitrogens is 1. The Labute approximate surface area is 228 Å². The number of carbonyl (C=O) groups is 2. The van der Waals surface area contributed by atoms with Crippen molar-refractivity contribution in [2.24, 2.45) is 0 Å². The number of alkyl carbamates (subject to hydrolysis) is 2. The lowest BCUT2D eigenvalue weighted by Gasteiger charge is -2.23. The van der Waals surface area contributed by atoms with Crippen LogP contribution in [0.25, 0.3) is 0 Å². The van der Waals surface area contributed by atoms with Gasteiger partial charge < -0.3 is 29.3 Å². The van der Waals surface area contributed by atoms with Crippen molar-refractivity contribution in [3.8, 4) is 0 Å². The molecule has 0 bridgehead atoms. The van der Waals surface area contributed by atoms with E-state index in [9.17, 15) is 9.59 Å². The molecule has 0 spiro atoms. The lowest BCUT2D eigenvalue weighted by Crippen LogP contribution is -2.42. The third kappa shape index (κ3) is 27.3. The van der Waals surface area contributed by atoms with Crippen LogP contribution in [-0.2, 0) is 14.2 Å². The number of hydrogen-bond acceptors (Lipinski definition) is 5. The van der Waals surface area contributed by atoms with Crippen molar-refractivity contribution >= 4 is 12.2 Å². The van der Waals surface area contributed by atoms with Crippen molar-refractivity contribution in [1.29, 1.82) is 0 Å². The van der Waals surface area contributed by atoms with Crippen LogP contribution in [0.5, 0.6) is 0 Å². The summed E-state index contributed by atoms with van der Waals surface area (Å²) in [6.45, 7) is 4.27. The van der Waals surface area contributed by atoms with E-state index in [1.54, 1.807) is 0 Å². The molecule has 0 radical (unpaired) electrons. The molecule has 0 aliphatic heterocycles. The molecule has 0 fully saturated rings. The molecule has 2 N–H and O–H groups in total. The molecule has 0 aromatic carbocycles. The quantitative estimate of drug-likeness (QED) is 0.105. The molecule has 0 aliphatic carbocycles. The third-order valence-corrected chi connectivity index (χ3v) is 6.49. The van der Waals surface area contributed by atoms with Crippen LogP contribution >= 0.6 is 0 Å². The van der Waals surface area contributed by atoms with E-state index in [4.69, 9.17) is 14.2 Å². The summed E-state index contributed by atoms with van der Waals surface area (Å²) in [5, 5.41) is 5.49. The van der Waals surface area contributed by atoms with Crippen LogP contribution in [0.4, 0.5) is 9.59 Å². The maximum absolute atomic E-state index is 11.9. The summed E-state index contributed by atoms with van der Waals surface area (Å²) in [7, 11) is 7.66. The molecule has 220 valence electrons. The summed E-state index contributed by atoms with van der Waals surface area (Å²) in [6, 6.07) is 0. The summed E-state index contributed by atoms with van der Waals surface area (Å²) in [5.74, 6) is 0. The monoisotopic (exact) mass is 530 g/mol. The Morgan fingerprint density at radius 1 is 0.622 bits per heavy atom. The highest BCUT2D eigenvalue weighted by Crippen LogP contribution is 2.13. The Morgan fingerprint density at radius 2 is 1.00 bits per heavy atom. The smallest absolute Gasteiger partial charge is 0.407 e. The van der Waals surface area contributed by atoms with Crippen LogP contribution in [0.1, 0.15) is 110 Å². The fraction of sp³-hybridized carbons (Fsp3) is 0.931. The zero-order chi connectivity index (χ0) is 27.6. The number of ether oxygens (including phenoxy) is 3. The Balaban J connectivity index is 3.49. The predicted molar refractivity (Wildman–Crippen MR) is 152 cm³/mol. The number of hydrogen-bond donors (Lipinski definition) is 2. The van der Waals surface area contributed by atoms with Gasteiger partial charge in [0.2, 0.25) is 0 Å². The van der Waals surface area contributed by atoms with Gasteiger partial charge in [0.15, 0.2) is 0 Å². The van der Waals surface area contributed by atoms with E-state index in [1.807, 2.05) is 0 Å². The van der Waals surface area contributed by atoms with Gasteiger partial charge in [-0.15, -0.1) is 0 Å². The normalized spacial score (nSPS) is 12.2. The number of likely N-dealkylation sites (N-methyl/N-ethyl adjacent to an activating group) is 1. The van der Waals surface area contributed by atoms with Gasteiger partial charge in [-0.05, 0) is 6.42 Å². The van der Waals surface area contributed by atoms with Crippen LogP contribution in [-0.4, -0.2) is 83.9 Å². The summed E-state index contributed by atoms with van der Waals surface area (Å²) < 4.78 is 16.3. The van der Waals surface area contributed by atoms with Gasteiger partial charge in [0.05, 0.1) is 34.2 Å².